The number of anilines is 1. The minimum absolute atomic E-state index is 0.904. The van der Waals surface area contributed by atoms with Gasteiger partial charge in [-0.1, -0.05) is 30.3 Å². The summed E-state index contributed by atoms with van der Waals surface area (Å²) in [4.78, 5) is 3.74. The number of nitriles is 1. The molecule has 27 heavy (non-hydrogen) atoms. The molecule has 1 saturated heterocycles. The van der Waals surface area contributed by atoms with Gasteiger partial charge in [0.25, 0.3) is 0 Å². The molecular weight excluding hydrogens is 348 g/mol. The Bertz CT molecular complexity index is 1020. The number of hydrogen-bond acceptors (Lipinski definition) is 3. The SMILES string of the molecule is N#Cc1c(N2CCCCC2)cc(-c2cccs2)c2c1CCc1ccccc1-2. The number of benzene rings is 2. The maximum absolute atomic E-state index is 10.1. The Labute approximate surface area is 164 Å². The van der Waals surface area contributed by atoms with Crippen molar-refractivity contribution in [1.29, 1.82) is 5.26 Å². The lowest BCUT2D eigenvalue weighted by Crippen LogP contribution is -2.30. The van der Waals surface area contributed by atoms with Crippen LogP contribution in [0.15, 0.2) is 47.8 Å². The van der Waals surface area contributed by atoms with Crippen molar-refractivity contribution in [3.8, 4) is 27.6 Å². The van der Waals surface area contributed by atoms with Crippen molar-refractivity contribution in [2.45, 2.75) is 32.1 Å². The average molecular weight is 371 g/mol. The van der Waals surface area contributed by atoms with Crippen LogP contribution < -0.4 is 4.90 Å². The molecule has 0 spiro atoms. The van der Waals surface area contributed by atoms with Crippen molar-refractivity contribution >= 4 is 17.0 Å². The summed E-state index contributed by atoms with van der Waals surface area (Å²) in [5.41, 5.74) is 8.60. The van der Waals surface area contributed by atoms with E-state index in [9.17, 15) is 5.26 Å². The van der Waals surface area contributed by atoms with Gasteiger partial charge in [-0.05, 0) is 71.9 Å². The molecule has 1 aliphatic carbocycles. The van der Waals surface area contributed by atoms with Gasteiger partial charge in [0, 0.05) is 23.5 Å². The third-order valence-corrected chi connectivity index (χ3v) is 6.84. The lowest BCUT2D eigenvalue weighted by Gasteiger charge is -2.33. The van der Waals surface area contributed by atoms with Gasteiger partial charge in [0.2, 0.25) is 0 Å². The predicted octanol–water partition coefficient (Wildman–Crippen LogP) is 6.04. The first kappa shape index (κ1) is 16.6. The first-order valence-corrected chi connectivity index (χ1v) is 10.7. The molecule has 0 saturated carbocycles. The van der Waals surface area contributed by atoms with E-state index < -0.39 is 0 Å². The second-order valence-corrected chi connectivity index (χ2v) is 8.41. The summed E-state index contributed by atoms with van der Waals surface area (Å²) in [5.74, 6) is 0. The van der Waals surface area contributed by atoms with Crippen molar-refractivity contribution in [2.75, 3.05) is 18.0 Å². The van der Waals surface area contributed by atoms with Crippen molar-refractivity contribution < 1.29 is 0 Å². The van der Waals surface area contributed by atoms with E-state index >= 15 is 0 Å². The van der Waals surface area contributed by atoms with Crippen molar-refractivity contribution in [3.63, 3.8) is 0 Å². The lowest BCUT2D eigenvalue weighted by atomic mass is 9.79. The number of rotatable bonds is 2. The molecular formula is C24H22N2S. The van der Waals surface area contributed by atoms with E-state index in [1.54, 1.807) is 11.3 Å². The maximum atomic E-state index is 10.1. The number of thiophene rings is 1. The highest BCUT2D eigenvalue weighted by molar-refractivity contribution is 7.13. The summed E-state index contributed by atoms with van der Waals surface area (Å²) in [5, 5.41) is 12.2. The molecule has 2 heterocycles. The molecule has 0 amide bonds. The molecule has 2 nitrogen and oxygen atoms in total. The summed E-state index contributed by atoms with van der Waals surface area (Å²) in [6.07, 6.45) is 5.72. The lowest BCUT2D eigenvalue weighted by molar-refractivity contribution is 0.577. The van der Waals surface area contributed by atoms with Crippen LogP contribution in [0.25, 0.3) is 21.6 Å². The van der Waals surface area contributed by atoms with Gasteiger partial charge in [-0.25, -0.2) is 0 Å². The zero-order valence-corrected chi connectivity index (χ0v) is 16.2. The second kappa shape index (κ2) is 6.87. The Hall–Kier alpha value is -2.57. The first-order chi connectivity index (χ1) is 13.4. The monoisotopic (exact) mass is 370 g/mol. The van der Waals surface area contributed by atoms with Gasteiger partial charge in [-0.15, -0.1) is 11.3 Å². The van der Waals surface area contributed by atoms with Gasteiger partial charge >= 0.3 is 0 Å². The molecule has 1 aliphatic heterocycles. The van der Waals surface area contributed by atoms with Gasteiger partial charge in [-0.2, -0.15) is 5.26 Å². The Morgan fingerprint density at radius 1 is 0.926 bits per heavy atom. The van der Waals surface area contributed by atoms with Gasteiger partial charge < -0.3 is 4.90 Å². The third-order valence-electron chi connectivity index (χ3n) is 5.94. The normalized spacial score (nSPS) is 15.7. The van der Waals surface area contributed by atoms with Crippen LogP contribution in [0.3, 0.4) is 0 Å². The first-order valence-electron chi connectivity index (χ1n) is 9.84. The van der Waals surface area contributed by atoms with Crippen molar-refractivity contribution in [3.05, 3.63) is 64.5 Å². The van der Waals surface area contributed by atoms with E-state index in [0.29, 0.717) is 0 Å². The van der Waals surface area contributed by atoms with Gasteiger partial charge in [-0.3, -0.25) is 0 Å². The van der Waals surface area contributed by atoms with E-state index in [4.69, 9.17) is 0 Å². The largest absolute Gasteiger partial charge is 0.370 e. The molecule has 1 fully saturated rings. The van der Waals surface area contributed by atoms with Crippen LogP contribution in [0.5, 0.6) is 0 Å². The summed E-state index contributed by atoms with van der Waals surface area (Å²) in [6, 6.07) is 17.9. The average Bonchev–Trinajstić information content (AvgIpc) is 3.27. The van der Waals surface area contributed by atoms with Gasteiger partial charge in [0.15, 0.2) is 0 Å². The van der Waals surface area contributed by atoms with E-state index in [-0.39, 0.29) is 0 Å². The fourth-order valence-electron chi connectivity index (χ4n) is 4.66. The molecule has 0 N–H and O–H groups in total. The molecule has 2 aliphatic rings. The van der Waals surface area contributed by atoms with E-state index in [1.807, 2.05) is 0 Å². The quantitative estimate of drug-likeness (QED) is 0.549. The molecule has 3 heteroatoms. The molecule has 3 aromatic rings. The predicted molar refractivity (Wildman–Crippen MR) is 113 cm³/mol. The molecule has 5 rings (SSSR count). The Morgan fingerprint density at radius 2 is 1.78 bits per heavy atom. The standard InChI is InChI=1S/C24H22N2S/c25-16-21-19-11-10-17-7-2-3-8-18(17)24(19)20(23-9-6-14-27-23)15-22(21)26-12-4-1-5-13-26/h2-3,6-9,14-15H,1,4-5,10-13H2. The maximum Gasteiger partial charge on any atom is 0.102 e. The molecule has 1 aromatic heterocycles. The van der Waals surface area contributed by atoms with Crippen LogP contribution in [0.1, 0.15) is 36.0 Å². The summed E-state index contributed by atoms with van der Waals surface area (Å²) < 4.78 is 0. The fraction of sp³-hybridized carbons (Fsp3) is 0.292. The summed E-state index contributed by atoms with van der Waals surface area (Å²) in [7, 11) is 0. The highest BCUT2D eigenvalue weighted by Gasteiger charge is 2.27. The minimum Gasteiger partial charge on any atom is -0.370 e. The zero-order valence-electron chi connectivity index (χ0n) is 15.4. The molecule has 134 valence electrons. The summed E-state index contributed by atoms with van der Waals surface area (Å²) >= 11 is 1.79. The van der Waals surface area contributed by atoms with E-state index in [1.165, 1.54) is 52.0 Å². The topological polar surface area (TPSA) is 27.0 Å². The molecule has 0 bridgehead atoms. The van der Waals surface area contributed by atoms with Gasteiger partial charge in [0.05, 0.1) is 11.3 Å². The Morgan fingerprint density at radius 3 is 2.56 bits per heavy atom. The van der Waals surface area contributed by atoms with E-state index in [2.05, 4.69) is 58.8 Å². The fourth-order valence-corrected chi connectivity index (χ4v) is 5.41. The van der Waals surface area contributed by atoms with Crippen LogP contribution in [-0.4, -0.2) is 13.1 Å². The van der Waals surface area contributed by atoms with E-state index in [0.717, 1.165) is 37.2 Å². The number of piperidine rings is 1. The van der Waals surface area contributed by atoms with Crippen molar-refractivity contribution in [2.24, 2.45) is 0 Å². The van der Waals surface area contributed by atoms with Crippen LogP contribution >= 0.6 is 11.3 Å². The van der Waals surface area contributed by atoms with Crippen molar-refractivity contribution in [1.82, 2.24) is 0 Å². The Kier molecular flexibility index (Phi) is 4.22. The Balaban J connectivity index is 1.81. The number of fused-ring (bicyclic) bond motifs is 3. The van der Waals surface area contributed by atoms with Crippen LogP contribution in [0, 0.1) is 11.3 Å². The van der Waals surface area contributed by atoms with Crippen LogP contribution in [0.4, 0.5) is 5.69 Å². The zero-order chi connectivity index (χ0) is 18.2. The molecule has 0 atom stereocenters. The molecule has 0 unspecified atom stereocenters. The number of hydrogen-bond donors (Lipinski definition) is 0. The van der Waals surface area contributed by atoms with Crippen LogP contribution in [-0.2, 0) is 12.8 Å². The van der Waals surface area contributed by atoms with Crippen LogP contribution in [0.2, 0.25) is 0 Å². The molecule has 2 aromatic carbocycles. The highest BCUT2D eigenvalue weighted by atomic mass is 32.1. The second-order valence-electron chi connectivity index (χ2n) is 7.47. The highest BCUT2D eigenvalue weighted by Crippen LogP contribution is 2.46. The van der Waals surface area contributed by atoms with Gasteiger partial charge in [0.1, 0.15) is 6.07 Å². The third kappa shape index (κ3) is 2.76. The summed E-state index contributed by atoms with van der Waals surface area (Å²) in [6.45, 7) is 2.13. The number of nitrogens with zero attached hydrogens (tertiary/aromatic N) is 2. The minimum atomic E-state index is 0.904. The smallest absolute Gasteiger partial charge is 0.102 e. The number of aryl methyl sites for hydroxylation is 1. The molecule has 0 radical (unpaired) electrons.